The minimum atomic E-state index is -4.42. The van der Waals surface area contributed by atoms with Crippen LogP contribution in [0.1, 0.15) is 34.5 Å². The second-order valence-corrected chi connectivity index (χ2v) is 9.12. The van der Waals surface area contributed by atoms with Crippen LogP contribution < -0.4 is 5.32 Å². The normalized spacial score (nSPS) is 22.4. The number of rotatable bonds is 4. The van der Waals surface area contributed by atoms with Crippen LogP contribution in [0.25, 0.3) is 10.7 Å². The highest BCUT2D eigenvalue weighted by Gasteiger charge is 2.47. The van der Waals surface area contributed by atoms with Gasteiger partial charge >= 0.3 is 6.18 Å². The maximum Gasteiger partial charge on any atom is 0.417 e. The molecule has 2 unspecified atom stereocenters. The second kappa shape index (κ2) is 7.84. The van der Waals surface area contributed by atoms with Crippen LogP contribution in [-0.2, 0) is 6.18 Å². The number of aryl methyl sites for hydroxylation is 1. The standard InChI is InChI=1S/C22H20F3N5OS/c1-12-2-4-15(19(28-12)20-26-6-7-32-20)21(31)30-11-13-8-16(17(30)9-13)29-18-5-3-14(10-27-18)22(23,24)25/h2-7,10,13,16-17H,8-9,11H2,1H3,(H,27,29)/t13?,16-,17?/m0/s1. The average Bonchev–Trinajstić information content (AvgIpc) is 3.50. The van der Waals surface area contributed by atoms with Gasteiger partial charge in [0.2, 0.25) is 0 Å². The maximum atomic E-state index is 13.5. The van der Waals surface area contributed by atoms with E-state index in [1.807, 2.05) is 23.3 Å². The van der Waals surface area contributed by atoms with Crippen molar-refractivity contribution in [3.05, 3.63) is 58.9 Å². The number of anilines is 1. The lowest BCUT2D eigenvalue weighted by Crippen LogP contribution is -2.48. The minimum Gasteiger partial charge on any atom is -0.365 e. The zero-order valence-electron chi connectivity index (χ0n) is 17.1. The molecule has 10 heteroatoms. The lowest BCUT2D eigenvalue weighted by molar-refractivity contribution is -0.137. The van der Waals surface area contributed by atoms with Gasteiger partial charge < -0.3 is 10.2 Å². The third-order valence-electron chi connectivity index (χ3n) is 6.07. The van der Waals surface area contributed by atoms with E-state index in [2.05, 4.69) is 20.3 Å². The molecule has 3 atom stereocenters. The Morgan fingerprint density at radius 2 is 2.03 bits per heavy atom. The summed E-state index contributed by atoms with van der Waals surface area (Å²) < 4.78 is 38.4. The van der Waals surface area contributed by atoms with E-state index in [9.17, 15) is 18.0 Å². The Balaban J connectivity index is 1.36. The van der Waals surface area contributed by atoms with E-state index >= 15 is 0 Å². The molecule has 1 saturated carbocycles. The lowest BCUT2D eigenvalue weighted by atomic mass is 10.0. The zero-order valence-corrected chi connectivity index (χ0v) is 18.0. The van der Waals surface area contributed by atoms with Crippen LogP contribution in [0.3, 0.4) is 0 Å². The molecule has 0 aromatic carbocycles. The van der Waals surface area contributed by atoms with Crippen molar-refractivity contribution in [3.63, 3.8) is 0 Å². The first-order valence-corrected chi connectivity index (χ1v) is 11.2. The van der Waals surface area contributed by atoms with Gasteiger partial charge in [-0.25, -0.2) is 15.0 Å². The van der Waals surface area contributed by atoms with Crippen molar-refractivity contribution in [2.24, 2.45) is 5.92 Å². The van der Waals surface area contributed by atoms with Crippen LogP contribution in [0.5, 0.6) is 0 Å². The number of nitrogens with one attached hydrogen (secondary N) is 1. The van der Waals surface area contributed by atoms with Gasteiger partial charge in [-0.15, -0.1) is 11.3 Å². The molecule has 2 bridgehead atoms. The topological polar surface area (TPSA) is 71.0 Å². The SMILES string of the molecule is Cc1ccc(C(=O)N2CC3CC2[C@@H](Nc2ccc(C(F)(F)F)cn2)C3)c(-c2nccs2)n1. The summed E-state index contributed by atoms with van der Waals surface area (Å²) in [7, 11) is 0. The highest BCUT2D eigenvalue weighted by atomic mass is 32.1. The maximum absolute atomic E-state index is 13.5. The summed E-state index contributed by atoms with van der Waals surface area (Å²) in [6, 6.07) is 5.86. The number of carbonyl (C=O) groups excluding carboxylic acids is 1. The minimum absolute atomic E-state index is 0.0537. The van der Waals surface area contributed by atoms with Gasteiger partial charge in [-0.2, -0.15) is 13.2 Å². The van der Waals surface area contributed by atoms with Crippen molar-refractivity contribution in [2.75, 3.05) is 11.9 Å². The Morgan fingerprint density at radius 3 is 2.69 bits per heavy atom. The molecular formula is C22H20F3N5OS. The number of carbonyl (C=O) groups is 1. The predicted molar refractivity (Wildman–Crippen MR) is 114 cm³/mol. The van der Waals surface area contributed by atoms with Gasteiger partial charge in [0.1, 0.15) is 16.5 Å². The summed E-state index contributed by atoms with van der Waals surface area (Å²) in [4.78, 5) is 28.2. The van der Waals surface area contributed by atoms with E-state index in [4.69, 9.17) is 0 Å². The number of nitrogens with zero attached hydrogens (tertiary/aromatic N) is 4. The van der Waals surface area contributed by atoms with Crippen molar-refractivity contribution in [1.82, 2.24) is 19.9 Å². The average molecular weight is 459 g/mol. The lowest BCUT2D eigenvalue weighted by Gasteiger charge is -2.34. The van der Waals surface area contributed by atoms with E-state index in [-0.39, 0.29) is 18.0 Å². The number of alkyl halides is 3. The van der Waals surface area contributed by atoms with Gasteiger partial charge in [0.05, 0.1) is 17.2 Å². The molecule has 2 fully saturated rings. The van der Waals surface area contributed by atoms with Crippen LogP contribution in [0, 0.1) is 12.8 Å². The number of fused-ring (bicyclic) bond motifs is 2. The van der Waals surface area contributed by atoms with Crippen LogP contribution in [0.2, 0.25) is 0 Å². The van der Waals surface area contributed by atoms with Gasteiger partial charge in [0.25, 0.3) is 5.91 Å². The summed E-state index contributed by atoms with van der Waals surface area (Å²) in [6.45, 7) is 2.54. The third kappa shape index (κ3) is 3.83. The van der Waals surface area contributed by atoms with Gasteiger partial charge in [-0.05, 0) is 49.9 Å². The fourth-order valence-corrected chi connectivity index (χ4v) is 5.28. The Morgan fingerprint density at radius 1 is 1.19 bits per heavy atom. The van der Waals surface area contributed by atoms with Crippen LogP contribution in [-0.4, -0.2) is 44.4 Å². The summed E-state index contributed by atoms with van der Waals surface area (Å²) in [6.07, 6.45) is -0.194. The Bertz CT molecular complexity index is 1130. The number of amides is 1. The fraction of sp³-hybridized carbons (Fsp3) is 0.364. The highest BCUT2D eigenvalue weighted by molar-refractivity contribution is 7.13. The number of hydrogen-bond donors (Lipinski definition) is 1. The van der Waals surface area contributed by atoms with Crippen molar-refractivity contribution in [3.8, 4) is 10.7 Å². The smallest absolute Gasteiger partial charge is 0.365 e. The van der Waals surface area contributed by atoms with Gasteiger partial charge in [-0.3, -0.25) is 4.79 Å². The molecule has 6 nitrogen and oxygen atoms in total. The molecule has 0 spiro atoms. The molecule has 3 aromatic rings. The molecule has 32 heavy (non-hydrogen) atoms. The molecule has 1 aliphatic heterocycles. The molecule has 0 radical (unpaired) electrons. The molecule has 1 aliphatic carbocycles. The summed E-state index contributed by atoms with van der Waals surface area (Å²) in [5, 5.41) is 5.79. The van der Waals surface area contributed by atoms with Crippen molar-refractivity contribution < 1.29 is 18.0 Å². The molecule has 3 aromatic heterocycles. The largest absolute Gasteiger partial charge is 0.417 e. The summed E-state index contributed by atoms with van der Waals surface area (Å²) in [5.74, 6) is 0.628. The second-order valence-electron chi connectivity index (χ2n) is 8.23. The first-order valence-electron chi connectivity index (χ1n) is 10.3. The molecule has 2 aliphatic rings. The zero-order chi connectivity index (χ0) is 22.5. The number of aromatic nitrogens is 3. The Hall–Kier alpha value is -3.01. The van der Waals surface area contributed by atoms with Crippen LogP contribution in [0.4, 0.5) is 19.0 Å². The van der Waals surface area contributed by atoms with Gasteiger partial charge in [0.15, 0.2) is 0 Å². The first kappa shape index (κ1) is 20.9. The number of halogens is 3. The van der Waals surface area contributed by atoms with E-state index in [0.717, 1.165) is 30.8 Å². The van der Waals surface area contributed by atoms with E-state index in [1.54, 1.807) is 12.3 Å². The van der Waals surface area contributed by atoms with Crippen LogP contribution in [0.15, 0.2) is 42.0 Å². The number of thiazole rings is 1. The summed E-state index contributed by atoms with van der Waals surface area (Å²) >= 11 is 1.43. The number of hydrogen-bond acceptors (Lipinski definition) is 6. The van der Waals surface area contributed by atoms with Crippen molar-refractivity contribution >= 4 is 23.1 Å². The molecule has 4 heterocycles. The van der Waals surface area contributed by atoms with E-state index in [1.165, 1.54) is 17.4 Å². The fourth-order valence-electron chi connectivity index (χ4n) is 4.64. The molecule has 1 saturated heterocycles. The summed E-state index contributed by atoms with van der Waals surface area (Å²) in [5.41, 5.74) is 1.13. The Kier molecular flexibility index (Phi) is 5.11. The number of piperidine rings is 1. The van der Waals surface area contributed by atoms with Gasteiger partial charge in [-0.1, -0.05) is 0 Å². The van der Waals surface area contributed by atoms with Crippen molar-refractivity contribution in [1.29, 1.82) is 0 Å². The van der Waals surface area contributed by atoms with Crippen molar-refractivity contribution in [2.45, 2.75) is 38.0 Å². The quantitative estimate of drug-likeness (QED) is 0.615. The molecule has 1 N–H and O–H groups in total. The van der Waals surface area contributed by atoms with Crippen LogP contribution >= 0.6 is 11.3 Å². The third-order valence-corrected chi connectivity index (χ3v) is 6.85. The number of pyridine rings is 2. The molecule has 166 valence electrons. The van der Waals surface area contributed by atoms with E-state index < -0.39 is 11.7 Å². The highest BCUT2D eigenvalue weighted by Crippen LogP contribution is 2.40. The molecule has 5 rings (SSSR count). The van der Waals surface area contributed by atoms with E-state index in [0.29, 0.717) is 34.5 Å². The number of likely N-dealkylation sites (tertiary alicyclic amines) is 1. The first-order chi connectivity index (χ1) is 15.3. The molecular weight excluding hydrogens is 439 g/mol. The van der Waals surface area contributed by atoms with Gasteiger partial charge in [0, 0.05) is 36.1 Å². The molecule has 1 amide bonds. The monoisotopic (exact) mass is 459 g/mol. The Labute approximate surface area is 186 Å². The predicted octanol–water partition coefficient (Wildman–Crippen LogP) is 4.64.